The molecule has 0 aliphatic carbocycles. The van der Waals surface area contributed by atoms with Crippen LogP contribution in [-0.2, 0) is 4.74 Å². The molecule has 1 atom stereocenters. The Morgan fingerprint density at radius 3 is 2.80 bits per heavy atom. The predicted molar refractivity (Wildman–Crippen MR) is 53.3 cm³/mol. The average molecular weight is 205 g/mol. The van der Waals surface area contributed by atoms with Crippen LogP contribution < -0.4 is 0 Å². The van der Waals surface area contributed by atoms with Crippen molar-refractivity contribution in [3.05, 3.63) is 29.3 Å². The van der Waals surface area contributed by atoms with Gasteiger partial charge >= 0.3 is 5.97 Å². The molecule has 0 saturated carbocycles. The average Bonchev–Trinajstić information content (AvgIpc) is 2.17. The molecule has 78 valence electrons. The molecule has 15 heavy (non-hydrogen) atoms. The second-order valence-electron chi connectivity index (χ2n) is 3.20. The van der Waals surface area contributed by atoms with Gasteiger partial charge in [0.05, 0.1) is 0 Å². The maximum atomic E-state index is 11.4. The van der Waals surface area contributed by atoms with Crippen LogP contribution in [0.1, 0.15) is 22.8 Å². The molecule has 1 aromatic rings. The van der Waals surface area contributed by atoms with Gasteiger partial charge in [-0.05, 0) is 31.5 Å². The summed E-state index contributed by atoms with van der Waals surface area (Å²) < 4.78 is 4.75. The maximum Gasteiger partial charge on any atom is 0.343 e. The lowest BCUT2D eigenvalue weighted by molar-refractivity contribution is 0.0432. The summed E-state index contributed by atoms with van der Waals surface area (Å²) in [5.41, 5.74) is 0.917. The molecule has 4 nitrogen and oxygen atoms in total. The van der Waals surface area contributed by atoms with Gasteiger partial charge in [0.2, 0.25) is 0 Å². The molecule has 1 N–H and O–H groups in total. The van der Waals surface area contributed by atoms with Crippen LogP contribution in [-0.4, -0.2) is 17.2 Å². The standard InChI is InChI=1S/C11H11NO3/c1-7-3-4-9(10(13)5-7)11(14)15-8(2)6-12/h3-5,8,13H,1-2H3. The van der Waals surface area contributed by atoms with Crippen molar-refractivity contribution in [3.63, 3.8) is 0 Å². The Bertz CT molecular complexity index is 420. The molecule has 0 aromatic heterocycles. The summed E-state index contributed by atoms with van der Waals surface area (Å²) in [6.45, 7) is 3.26. The molecule has 0 saturated heterocycles. The van der Waals surface area contributed by atoms with Gasteiger partial charge in [-0.15, -0.1) is 0 Å². The third-order valence-electron chi connectivity index (χ3n) is 1.84. The monoisotopic (exact) mass is 205 g/mol. The highest BCUT2D eigenvalue weighted by Gasteiger charge is 2.15. The second kappa shape index (κ2) is 4.47. The molecule has 0 radical (unpaired) electrons. The minimum atomic E-state index is -0.821. The van der Waals surface area contributed by atoms with Crippen molar-refractivity contribution < 1.29 is 14.6 Å². The number of carbonyl (C=O) groups is 1. The maximum absolute atomic E-state index is 11.4. The first-order chi connectivity index (χ1) is 7.04. The molecule has 0 aliphatic rings. The first-order valence-electron chi connectivity index (χ1n) is 4.45. The molecule has 0 heterocycles. The van der Waals surface area contributed by atoms with Crippen molar-refractivity contribution in [1.82, 2.24) is 0 Å². The Morgan fingerprint density at radius 1 is 1.60 bits per heavy atom. The van der Waals surface area contributed by atoms with E-state index in [0.717, 1.165) is 5.56 Å². The molecule has 0 bridgehead atoms. The van der Waals surface area contributed by atoms with Crippen LogP contribution in [0.2, 0.25) is 0 Å². The lowest BCUT2D eigenvalue weighted by Crippen LogP contribution is -2.13. The van der Waals surface area contributed by atoms with E-state index >= 15 is 0 Å². The van der Waals surface area contributed by atoms with Crippen molar-refractivity contribution in [2.75, 3.05) is 0 Å². The summed E-state index contributed by atoms with van der Waals surface area (Å²) in [7, 11) is 0. The molecule has 0 amide bonds. The van der Waals surface area contributed by atoms with Gasteiger partial charge < -0.3 is 9.84 Å². The largest absolute Gasteiger partial charge is 0.507 e. The van der Waals surface area contributed by atoms with Gasteiger partial charge in [0.25, 0.3) is 0 Å². The topological polar surface area (TPSA) is 70.3 Å². The highest BCUT2D eigenvalue weighted by molar-refractivity contribution is 5.92. The Kier molecular flexibility index (Phi) is 3.29. The number of nitriles is 1. The highest BCUT2D eigenvalue weighted by Crippen LogP contribution is 2.19. The minimum absolute atomic E-state index is 0.0719. The van der Waals surface area contributed by atoms with Crippen LogP contribution in [0.15, 0.2) is 18.2 Å². The van der Waals surface area contributed by atoms with Crippen LogP contribution >= 0.6 is 0 Å². The van der Waals surface area contributed by atoms with E-state index in [-0.39, 0.29) is 11.3 Å². The first-order valence-corrected chi connectivity index (χ1v) is 4.45. The predicted octanol–water partition coefficient (Wildman–Crippen LogP) is 1.77. The number of aryl methyl sites for hydroxylation is 1. The number of benzene rings is 1. The van der Waals surface area contributed by atoms with Crippen LogP contribution in [0.5, 0.6) is 5.75 Å². The number of hydrogen-bond donors (Lipinski definition) is 1. The fourth-order valence-electron chi connectivity index (χ4n) is 1.06. The molecular formula is C11H11NO3. The summed E-state index contributed by atoms with van der Waals surface area (Å²) in [5, 5.41) is 17.9. The molecule has 0 spiro atoms. The number of ether oxygens (including phenoxy) is 1. The van der Waals surface area contributed by atoms with Crippen molar-refractivity contribution in [2.45, 2.75) is 20.0 Å². The van der Waals surface area contributed by atoms with E-state index in [4.69, 9.17) is 10.00 Å². The Balaban J connectivity index is 2.88. The van der Waals surface area contributed by atoms with Gasteiger partial charge in [-0.2, -0.15) is 5.26 Å². The van der Waals surface area contributed by atoms with E-state index in [0.29, 0.717) is 0 Å². The van der Waals surface area contributed by atoms with Crippen molar-refractivity contribution in [2.24, 2.45) is 0 Å². The zero-order valence-electron chi connectivity index (χ0n) is 8.52. The number of aromatic hydroxyl groups is 1. The van der Waals surface area contributed by atoms with Crippen LogP contribution in [0.4, 0.5) is 0 Å². The lowest BCUT2D eigenvalue weighted by atomic mass is 10.1. The fourth-order valence-corrected chi connectivity index (χ4v) is 1.06. The van der Waals surface area contributed by atoms with Gasteiger partial charge in [0.15, 0.2) is 6.10 Å². The third-order valence-corrected chi connectivity index (χ3v) is 1.84. The van der Waals surface area contributed by atoms with E-state index in [9.17, 15) is 9.90 Å². The zero-order valence-corrected chi connectivity index (χ0v) is 8.52. The molecule has 1 rings (SSSR count). The van der Waals surface area contributed by atoms with Gasteiger partial charge in [0.1, 0.15) is 17.4 Å². The molecule has 1 unspecified atom stereocenters. The van der Waals surface area contributed by atoms with E-state index < -0.39 is 12.1 Å². The number of phenolic OH excluding ortho intramolecular Hbond substituents is 1. The summed E-state index contributed by atoms with van der Waals surface area (Å²) in [5.74, 6) is -0.827. The molecular weight excluding hydrogens is 194 g/mol. The van der Waals surface area contributed by atoms with Crippen molar-refractivity contribution >= 4 is 5.97 Å². The Labute approximate surface area is 87.7 Å². The number of nitrogens with zero attached hydrogens (tertiary/aromatic N) is 1. The number of esters is 1. The summed E-state index contributed by atoms with van der Waals surface area (Å²) in [6.07, 6.45) is -0.821. The second-order valence-corrected chi connectivity index (χ2v) is 3.20. The van der Waals surface area contributed by atoms with Gasteiger partial charge in [-0.1, -0.05) is 6.07 Å². The summed E-state index contributed by atoms with van der Waals surface area (Å²) in [4.78, 5) is 11.4. The molecule has 1 aromatic carbocycles. The normalized spacial score (nSPS) is 11.5. The number of phenols is 1. The van der Waals surface area contributed by atoms with E-state index in [2.05, 4.69) is 0 Å². The van der Waals surface area contributed by atoms with E-state index in [1.807, 2.05) is 0 Å². The molecule has 0 aliphatic heterocycles. The summed E-state index contributed by atoms with van der Waals surface area (Å²) >= 11 is 0. The van der Waals surface area contributed by atoms with Crippen molar-refractivity contribution in [3.8, 4) is 11.8 Å². The number of carbonyl (C=O) groups excluding carboxylic acids is 1. The smallest absolute Gasteiger partial charge is 0.343 e. The van der Waals surface area contributed by atoms with Gasteiger partial charge in [-0.25, -0.2) is 4.79 Å². The number of rotatable bonds is 2. The zero-order chi connectivity index (χ0) is 11.4. The van der Waals surface area contributed by atoms with Crippen LogP contribution in [0.3, 0.4) is 0 Å². The Hall–Kier alpha value is -2.02. The van der Waals surface area contributed by atoms with Gasteiger partial charge in [0, 0.05) is 0 Å². The SMILES string of the molecule is Cc1ccc(C(=O)OC(C)C#N)c(O)c1. The minimum Gasteiger partial charge on any atom is -0.507 e. The van der Waals surface area contributed by atoms with Gasteiger partial charge in [-0.3, -0.25) is 0 Å². The van der Waals surface area contributed by atoms with E-state index in [1.54, 1.807) is 19.1 Å². The van der Waals surface area contributed by atoms with E-state index in [1.165, 1.54) is 19.1 Å². The van der Waals surface area contributed by atoms with Crippen LogP contribution in [0, 0.1) is 18.3 Å². The summed E-state index contributed by atoms with van der Waals surface area (Å²) in [6, 6.07) is 6.39. The molecule has 4 heteroatoms. The highest BCUT2D eigenvalue weighted by atomic mass is 16.5. The van der Waals surface area contributed by atoms with Crippen LogP contribution in [0.25, 0.3) is 0 Å². The van der Waals surface area contributed by atoms with Crippen molar-refractivity contribution in [1.29, 1.82) is 5.26 Å². The Morgan fingerprint density at radius 2 is 2.27 bits per heavy atom. The third kappa shape index (κ3) is 2.71. The lowest BCUT2D eigenvalue weighted by Gasteiger charge is -2.07. The quantitative estimate of drug-likeness (QED) is 0.747. The molecule has 0 fully saturated rings. The first kappa shape index (κ1) is 11.1. The fraction of sp³-hybridized carbons (Fsp3) is 0.273. The number of hydrogen-bond acceptors (Lipinski definition) is 4.